The van der Waals surface area contributed by atoms with Crippen molar-refractivity contribution in [1.29, 1.82) is 0 Å². The molecule has 84 valence electrons. The number of carbonyl (C=O) groups is 2. The van der Waals surface area contributed by atoms with Gasteiger partial charge in [-0.25, -0.2) is 4.79 Å². The van der Waals surface area contributed by atoms with Crippen LogP contribution in [0.2, 0.25) is 0 Å². The highest BCUT2D eigenvalue weighted by molar-refractivity contribution is 5.83. The number of allylic oxidation sites excluding steroid dienone is 3. The lowest BCUT2D eigenvalue weighted by Gasteiger charge is -1.92. The first-order valence-electron chi connectivity index (χ1n) is 4.55. The maximum absolute atomic E-state index is 10.1. The minimum absolute atomic E-state index is 0.143. The Bertz CT molecular complexity index is 278. The van der Waals surface area contributed by atoms with Gasteiger partial charge in [0.2, 0.25) is 5.76 Å². The van der Waals surface area contributed by atoms with Gasteiger partial charge in [0.15, 0.2) is 0 Å². The summed E-state index contributed by atoms with van der Waals surface area (Å²) in [6.45, 7) is 0. The third kappa shape index (κ3) is 8.55. The average Bonchev–Trinajstić information content (AvgIpc) is 2.15. The van der Waals surface area contributed by atoms with E-state index in [9.17, 15) is 9.59 Å². The van der Waals surface area contributed by atoms with Gasteiger partial charge in [0, 0.05) is 6.42 Å². The van der Waals surface area contributed by atoms with Crippen LogP contribution in [0.25, 0.3) is 0 Å². The van der Waals surface area contributed by atoms with E-state index >= 15 is 0 Å². The predicted molar refractivity (Wildman–Crippen MR) is 53.6 cm³/mol. The van der Waals surface area contributed by atoms with Crippen molar-refractivity contribution in [3.05, 3.63) is 24.0 Å². The van der Waals surface area contributed by atoms with Crippen LogP contribution in [0.3, 0.4) is 0 Å². The quantitative estimate of drug-likeness (QED) is 0.259. The van der Waals surface area contributed by atoms with E-state index in [0.717, 1.165) is 12.5 Å². The lowest BCUT2D eigenvalue weighted by molar-refractivity contribution is -0.137. The molecule has 15 heavy (non-hydrogen) atoms. The Morgan fingerprint density at radius 2 is 1.73 bits per heavy atom. The zero-order chi connectivity index (χ0) is 11.7. The van der Waals surface area contributed by atoms with Crippen molar-refractivity contribution in [3.63, 3.8) is 0 Å². The van der Waals surface area contributed by atoms with Gasteiger partial charge in [-0.3, -0.25) is 4.79 Å². The van der Waals surface area contributed by atoms with E-state index < -0.39 is 17.7 Å². The number of hydrogen-bond donors (Lipinski definition) is 3. The first-order chi connectivity index (χ1) is 7.04. The number of unbranched alkanes of at least 4 members (excludes halogenated alkanes) is 2. The molecule has 0 aliphatic carbocycles. The molecule has 0 aliphatic rings. The molecule has 0 saturated carbocycles. The Kier molecular flexibility index (Phi) is 6.70. The van der Waals surface area contributed by atoms with Gasteiger partial charge in [0.25, 0.3) is 0 Å². The summed E-state index contributed by atoms with van der Waals surface area (Å²) in [5, 5.41) is 25.3. The molecule has 0 radical (unpaired) electrons. The number of rotatable bonds is 7. The van der Waals surface area contributed by atoms with Crippen LogP contribution in [0.4, 0.5) is 0 Å². The highest BCUT2D eigenvalue weighted by Crippen LogP contribution is 2.01. The third-order valence-electron chi connectivity index (χ3n) is 1.62. The molecule has 0 aromatic carbocycles. The van der Waals surface area contributed by atoms with Gasteiger partial charge in [-0.1, -0.05) is 12.2 Å². The average molecular weight is 214 g/mol. The summed E-state index contributed by atoms with van der Waals surface area (Å²) >= 11 is 0. The van der Waals surface area contributed by atoms with Gasteiger partial charge >= 0.3 is 11.9 Å². The summed E-state index contributed by atoms with van der Waals surface area (Å²) in [5.74, 6) is -2.90. The van der Waals surface area contributed by atoms with Gasteiger partial charge in [-0.05, 0) is 25.3 Å². The zero-order valence-corrected chi connectivity index (χ0v) is 8.22. The molecular weight excluding hydrogens is 200 g/mol. The van der Waals surface area contributed by atoms with E-state index in [1.165, 1.54) is 6.08 Å². The Hall–Kier alpha value is -1.78. The van der Waals surface area contributed by atoms with E-state index in [2.05, 4.69) is 0 Å². The lowest BCUT2D eigenvalue weighted by atomic mass is 10.2. The molecule has 0 heterocycles. The van der Waals surface area contributed by atoms with Gasteiger partial charge in [0.05, 0.1) is 0 Å². The zero-order valence-electron chi connectivity index (χ0n) is 8.22. The van der Waals surface area contributed by atoms with Crippen molar-refractivity contribution in [3.8, 4) is 0 Å². The van der Waals surface area contributed by atoms with Crippen LogP contribution in [-0.4, -0.2) is 27.3 Å². The molecule has 5 heteroatoms. The molecule has 0 rings (SSSR count). The number of carboxylic acids is 2. The van der Waals surface area contributed by atoms with E-state index in [4.69, 9.17) is 15.3 Å². The third-order valence-corrected chi connectivity index (χ3v) is 1.62. The number of carboxylic acid groups (broad SMARTS) is 2. The summed E-state index contributed by atoms with van der Waals surface area (Å²) in [7, 11) is 0. The summed E-state index contributed by atoms with van der Waals surface area (Å²) in [5.41, 5.74) is 0. The standard InChI is InChI=1S/C10H14O5/c11-8(10(14)15)6-4-2-1-3-5-7-9(12)13/h2,4,6,11H,1,3,5,7H2,(H,12,13)(H,14,15)/b4-2+,8-6-. The summed E-state index contributed by atoms with van der Waals surface area (Å²) < 4.78 is 0. The fraction of sp³-hybridized carbons (Fsp3) is 0.400. The topological polar surface area (TPSA) is 94.8 Å². The van der Waals surface area contributed by atoms with Crippen LogP contribution in [0.15, 0.2) is 24.0 Å². The summed E-state index contributed by atoms with van der Waals surface area (Å²) in [6, 6.07) is 0. The van der Waals surface area contributed by atoms with Gasteiger partial charge in [0.1, 0.15) is 0 Å². The van der Waals surface area contributed by atoms with Crippen molar-refractivity contribution < 1.29 is 24.9 Å². The number of hydrogen-bond acceptors (Lipinski definition) is 3. The number of aliphatic hydroxyl groups is 1. The molecule has 0 spiro atoms. The Morgan fingerprint density at radius 3 is 2.27 bits per heavy atom. The lowest BCUT2D eigenvalue weighted by Crippen LogP contribution is -1.97. The SMILES string of the molecule is O=C(O)CCCC/C=C/C=C(\O)C(=O)O. The van der Waals surface area contributed by atoms with Crippen LogP contribution in [-0.2, 0) is 9.59 Å². The van der Waals surface area contributed by atoms with E-state index in [-0.39, 0.29) is 6.42 Å². The number of aliphatic hydroxyl groups excluding tert-OH is 1. The second kappa shape index (κ2) is 7.61. The molecule has 0 aliphatic heterocycles. The molecule has 5 nitrogen and oxygen atoms in total. The van der Waals surface area contributed by atoms with E-state index in [1.807, 2.05) is 0 Å². The smallest absolute Gasteiger partial charge is 0.370 e. The van der Waals surface area contributed by atoms with Gasteiger partial charge < -0.3 is 15.3 Å². The van der Waals surface area contributed by atoms with Crippen molar-refractivity contribution in [2.45, 2.75) is 25.7 Å². The highest BCUT2D eigenvalue weighted by Gasteiger charge is 1.99. The molecule has 0 aromatic heterocycles. The molecule has 0 bridgehead atoms. The Labute approximate surface area is 87.4 Å². The number of aliphatic carboxylic acids is 2. The van der Waals surface area contributed by atoms with Crippen molar-refractivity contribution in [2.75, 3.05) is 0 Å². The van der Waals surface area contributed by atoms with Crippen molar-refractivity contribution >= 4 is 11.9 Å². The van der Waals surface area contributed by atoms with E-state index in [1.54, 1.807) is 6.08 Å². The van der Waals surface area contributed by atoms with Crippen LogP contribution >= 0.6 is 0 Å². The Morgan fingerprint density at radius 1 is 1.07 bits per heavy atom. The van der Waals surface area contributed by atoms with Gasteiger partial charge in [-0.2, -0.15) is 0 Å². The van der Waals surface area contributed by atoms with Gasteiger partial charge in [-0.15, -0.1) is 0 Å². The van der Waals surface area contributed by atoms with E-state index in [0.29, 0.717) is 12.8 Å². The second-order valence-electron chi connectivity index (χ2n) is 2.92. The van der Waals surface area contributed by atoms with Crippen LogP contribution in [0.1, 0.15) is 25.7 Å². The maximum Gasteiger partial charge on any atom is 0.370 e. The monoisotopic (exact) mass is 214 g/mol. The van der Waals surface area contributed by atoms with Crippen molar-refractivity contribution in [2.24, 2.45) is 0 Å². The molecule has 0 fully saturated rings. The molecule has 0 aromatic rings. The molecular formula is C10H14O5. The minimum Gasteiger partial charge on any atom is -0.502 e. The molecule has 0 saturated heterocycles. The highest BCUT2D eigenvalue weighted by atomic mass is 16.4. The first kappa shape index (κ1) is 13.2. The van der Waals surface area contributed by atoms with Crippen molar-refractivity contribution in [1.82, 2.24) is 0 Å². The normalized spacial score (nSPS) is 11.9. The first-order valence-corrected chi connectivity index (χ1v) is 4.55. The van der Waals surface area contributed by atoms with Crippen LogP contribution < -0.4 is 0 Å². The van der Waals surface area contributed by atoms with Crippen LogP contribution in [0.5, 0.6) is 0 Å². The van der Waals surface area contributed by atoms with Crippen LogP contribution in [0, 0.1) is 0 Å². The molecule has 0 amide bonds. The fourth-order valence-corrected chi connectivity index (χ4v) is 0.865. The molecule has 0 atom stereocenters. The second-order valence-corrected chi connectivity index (χ2v) is 2.92. The summed E-state index contributed by atoms with van der Waals surface area (Å²) in [4.78, 5) is 20.2. The molecule has 3 N–H and O–H groups in total. The minimum atomic E-state index is -1.37. The molecule has 0 unspecified atom stereocenters. The largest absolute Gasteiger partial charge is 0.502 e. The Balaban J connectivity index is 3.59. The fourth-order valence-electron chi connectivity index (χ4n) is 0.865. The maximum atomic E-state index is 10.1. The predicted octanol–water partition coefficient (Wildman–Crippen LogP) is 1.71. The summed E-state index contributed by atoms with van der Waals surface area (Å²) in [6.07, 6.45) is 6.32.